The van der Waals surface area contributed by atoms with Crippen molar-refractivity contribution in [2.24, 2.45) is 5.92 Å². The van der Waals surface area contributed by atoms with E-state index in [9.17, 15) is 0 Å². The van der Waals surface area contributed by atoms with Gasteiger partial charge in [-0.25, -0.2) is 0 Å². The maximum Gasteiger partial charge on any atom is 0.0628 e. The number of nitrogens with zero attached hydrogens (tertiary/aromatic N) is 2. The number of hydrogen-bond donors (Lipinski definition) is 1. The van der Waals surface area contributed by atoms with Crippen molar-refractivity contribution >= 4 is 0 Å². The molecule has 1 aromatic rings. The summed E-state index contributed by atoms with van der Waals surface area (Å²) < 4.78 is 2.18. The van der Waals surface area contributed by atoms with Gasteiger partial charge in [-0.15, -0.1) is 0 Å². The van der Waals surface area contributed by atoms with Gasteiger partial charge in [0.15, 0.2) is 0 Å². The molecule has 0 fully saturated rings. The molecule has 0 spiro atoms. The molecule has 0 aliphatic carbocycles. The Bertz CT molecular complexity index is 339. The first-order chi connectivity index (χ1) is 8.06. The standard InChI is InChI=1S/C14H27N3/c1-6-15-9-7-14-12(4)16-17(13(14)5)10-8-11(2)3/h11,15H,6-10H2,1-5H3. The van der Waals surface area contributed by atoms with E-state index >= 15 is 0 Å². The maximum absolute atomic E-state index is 4.65. The van der Waals surface area contributed by atoms with E-state index in [4.69, 9.17) is 0 Å². The van der Waals surface area contributed by atoms with Gasteiger partial charge in [-0.1, -0.05) is 20.8 Å². The van der Waals surface area contributed by atoms with Crippen LogP contribution in [-0.4, -0.2) is 22.9 Å². The number of aryl methyl sites for hydroxylation is 2. The fraction of sp³-hybridized carbons (Fsp3) is 0.786. The van der Waals surface area contributed by atoms with Crippen LogP contribution in [0.25, 0.3) is 0 Å². The summed E-state index contributed by atoms with van der Waals surface area (Å²) in [7, 11) is 0. The molecule has 1 aromatic heterocycles. The first-order valence-corrected chi connectivity index (χ1v) is 6.79. The molecule has 0 saturated heterocycles. The van der Waals surface area contributed by atoms with E-state index in [1.165, 1.54) is 23.4 Å². The molecule has 0 amide bonds. The molecule has 0 radical (unpaired) electrons. The van der Waals surface area contributed by atoms with Crippen LogP contribution in [0.3, 0.4) is 0 Å². The topological polar surface area (TPSA) is 29.9 Å². The molecule has 0 aromatic carbocycles. The van der Waals surface area contributed by atoms with Gasteiger partial charge in [0.1, 0.15) is 0 Å². The van der Waals surface area contributed by atoms with Crippen LogP contribution in [0.4, 0.5) is 0 Å². The third kappa shape index (κ3) is 4.15. The van der Waals surface area contributed by atoms with E-state index < -0.39 is 0 Å². The Hall–Kier alpha value is -0.830. The molecule has 3 nitrogen and oxygen atoms in total. The lowest BCUT2D eigenvalue weighted by molar-refractivity contribution is 0.478. The highest BCUT2D eigenvalue weighted by atomic mass is 15.3. The van der Waals surface area contributed by atoms with E-state index in [2.05, 4.69) is 49.7 Å². The molecule has 1 N–H and O–H groups in total. The minimum absolute atomic E-state index is 0.740. The summed E-state index contributed by atoms with van der Waals surface area (Å²) in [4.78, 5) is 0. The highest BCUT2D eigenvalue weighted by molar-refractivity contribution is 5.24. The Morgan fingerprint density at radius 1 is 1.29 bits per heavy atom. The van der Waals surface area contributed by atoms with Crippen LogP contribution >= 0.6 is 0 Å². The van der Waals surface area contributed by atoms with E-state index in [1.54, 1.807) is 0 Å². The quantitative estimate of drug-likeness (QED) is 0.739. The molecule has 3 heteroatoms. The second-order valence-corrected chi connectivity index (χ2v) is 5.16. The highest BCUT2D eigenvalue weighted by Gasteiger charge is 2.10. The molecule has 0 atom stereocenters. The lowest BCUT2D eigenvalue weighted by Gasteiger charge is -2.07. The van der Waals surface area contributed by atoms with Gasteiger partial charge < -0.3 is 5.32 Å². The first kappa shape index (κ1) is 14.2. The molecule has 0 aliphatic rings. The van der Waals surface area contributed by atoms with Gasteiger partial charge in [0.05, 0.1) is 5.69 Å². The zero-order chi connectivity index (χ0) is 12.8. The Morgan fingerprint density at radius 2 is 2.00 bits per heavy atom. The molecule has 1 rings (SSSR count). The predicted molar refractivity (Wildman–Crippen MR) is 73.4 cm³/mol. The normalized spacial score (nSPS) is 11.4. The van der Waals surface area contributed by atoms with Gasteiger partial charge in [-0.2, -0.15) is 5.10 Å². The zero-order valence-electron chi connectivity index (χ0n) is 12.0. The monoisotopic (exact) mass is 237 g/mol. The number of hydrogen-bond acceptors (Lipinski definition) is 2. The Kier molecular flexibility index (Phi) is 5.69. The van der Waals surface area contributed by atoms with E-state index in [-0.39, 0.29) is 0 Å². The van der Waals surface area contributed by atoms with E-state index in [1.807, 2.05) is 0 Å². The van der Waals surface area contributed by atoms with Crippen LogP contribution in [0.15, 0.2) is 0 Å². The van der Waals surface area contributed by atoms with Crippen molar-refractivity contribution in [3.8, 4) is 0 Å². The fourth-order valence-electron chi connectivity index (χ4n) is 2.08. The average Bonchev–Trinajstić information content (AvgIpc) is 2.53. The Labute approximate surface area is 106 Å². The summed E-state index contributed by atoms with van der Waals surface area (Å²) in [6.07, 6.45) is 2.29. The summed E-state index contributed by atoms with van der Waals surface area (Å²) in [5.41, 5.74) is 3.97. The molecule has 0 aliphatic heterocycles. The largest absolute Gasteiger partial charge is 0.317 e. The minimum atomic E-state index is 0.740. The molecule has 0 saturated carbocycles. The van der Waals surface area contributed by atoms with Crippen molar-refractivity contribution in [3.63, 3.8) is 0 Å². The van der Waals surface area contributed by atoms with Crippen molar-refractivity contribution < 1.29 is 0 Å². The smallest absolute Gasteiger partial charge is 0.0628 e. The maximum atomic E-state index is 4.65. The summed E-state index contributed by atoms with van der Waals surface area (Å²) >= 11 is 0. The fourth-order valence-corrected chi connectivity index (χ4v) is 2.08. The van der Waals surface area contributed by atoms with Crippen LogP contribution in [0.1, 0.15) is 44.1 Å². The second-order valence-electron chi connectivity index (χ2n) is 5.16. The predicted octanol–water partition coefficient (Wildman–Crippen LogP) is 2.70. The van der Waals surface area contributed by atoms with Crippen molar-refractivity contribution in [2.75, 3.05) is 13.1 Å². The molecule has 98 valence electrons. The van der Waals surface area contributed by atoms with Gasteiger partial charge >= 0.3 is 0 Å². The van der Waals surface area contributed by atoms with Gasteiger partial charge in [-0.3, -0.25) is 4.68 Å². The Morgan fingerprint density at radius 3 is 2.59 bits per heavy atom. The third-order valence-electron chi connectivity index (χ3n) is 3.25. The zero-order valence-corrected chi connectivity index (χ0v) is 12.0. The number of rotatable bonds is 7. The van der Waals surface area contributed by atoms with Crippen molar-refractivity contribution in [2.45, 2.75) is 54.0 Å². The van der Waals surface area contributed by atoms with Crippen LogP contribution in [0.5, 0.6) is 0 Å². The van der Waals surface area contributed by atoms with Gasteiger partial charge in [0.25, 0.3) is 0 Å². The van der Waals surface area contributed by atoms with E-state index in [0.717, 1.165) is 32.0 Å². The molecule has 0 bridgehead atoms. The lowest BCUT2D eigenvalue weighted by Crippen LogP contribution is -2.16. The molecular formula is C14H27N3. The van der Waals surface area contributed by atoms with Crippen LogP contribution in [0.2, 0.25) is 0 Å². The van der Waals surface area contributed by atoms with Crippen LogP contribution in [-0.2, 0) is 13.0 Å². The highest BCUT2D eigenvalue weighted by Crippen LogP contribution is 2.15. The van der Waals surface area contributed by atoms with Crippen LogP contribution in [0, 0.1) is 19.8 Å². The average molecular weight is 237 g/mol. The number of aromatic nitrogens is 2. The summed E-state index contributed by atoms with van der Waals surface area (Å²) in [6.45, 7) is 14.1. The van der Waals surface area contributed by atoms with Gasteiger partial charge in [0.2, 0.25) is 0 Å². The summed E-state index contributed by atoms with van der Waals surface area (Å²) in [6, 6.07) is 0. The molecular weight excluding hydrogens is 210 g/mol. The lowest BCUT2D eigenvalue weighted by atomic mass is 10.1. The first-order valence-electron chi connectivity index (χ1n) is 6.79. The number of likely N-dealkylation sites (N-methyl/N-ethyl adjacent to an activating group) is 1. The van der Waals surface area contributed by atoms with Gasteiger partial charge in [0, 0.05) is 12.2 Å². The van der Waals surface area contributed by atoms with Crippen molar-refractivity contribution in [1.29, 1.82) is 0 Å². The molecule has 1 heterocycles. The second kappa shape index (κ2) is 6.80. The minimum Gasteiger partial charge on any atom is -0.317 e. The molecule has 17 heavy (non-hydrogen) atoms. The van der Waals surface area contributed by atoms with Gasteiger partial charge in [-0.05, 0) is 51.3 Å². The van der Waals surface area contributed by atoms with Crippen molar-refractivity contribution in [3.05, 3.63) is 17.0 Å². The summed E-state index contributed by atoms with van der Waals surface area (Å²) in [5, 5.41) is 8.02. The SMILES string of the molecule is CCNCCc1c(C)nn(CCC(C)C)c1C. The molecule has 0 unspecified atom stereocenters. The Balaban J connectivity index is 2.65. The number of nitrogens with one attached hydrogen (secondary N) is 1. The summed E-state index contributed by atoms with van der Waals surface area (Å²) in [5.74, 6) is 0.740. The third-order valence-corrected chi connectivity index (χ3v) is 3.25. The van der Waals surface area contributed by atoms with Crippen LogP contribution < -0.4 is 5.32 Å². The van der Waals surface area contributed by atoms with Crippen molar-refractivity contribution in [1.82, 2.24) is 15.1 Å². The van der Waals surface area contributed by atoms with E-state index in [0.29, 0.717) is 0 Å².